The van der Waals surface area contributed by atoms with E-state index in [4.69, 9.17) is 4.74 Å². The predicted octanol–water partition coefficient (Wildman–Crippen LogP) is 4.63. The third-order valence-corrected chi connectivity index (χ3v) is 4.67. The Morgan fingerprint density at radius 1 is 1.03 bits per heavy atom. The number of nitro groups is 1. The summed E-state index contributed by atoms with van der Waals surface area (Å²) in [6.07, 6.45) is 2.90. The highest BCUT2D eigenvalue weighted by molar-refractivity contribution is 5.90. The number of fused-ring (bicyclic) bond motifs is 1. The third-order valence-electron chi connectivity index (χ3n) is 4.67. The average molecular weight is 426 g/mol. The van der Waals surface area contributed by atoms with E-state index in [0.29, 0.717) is 5.75 Å². The predicted molar refractivity (Wildman–Crippen MR) is 121 cm³/mol. The highest BCUT2D eigenvalue weighted by atomic mass is 16.6. The first kappa shape index (κ1) is 20.7. The van der Waals surface area contributed by atoms with Crippen LogP contribution in [0.1, 0.15) is 11.1 Å². The summed E-state index contributed by atoms with van der Waals surface area (Å²) < 4.78 is 5.56. The van der Waals surface area contributed by atoms with Gasteiger partial charge < -0.3 is 4.74 Å². The minimum absolute atomic E-state index is 0.105. The molecule has 0 aliphatic carbocycles. The summed E-state index contributed by atoms with van der Waals surface area (Å²) in [5.41, 5.74) is 4.15. The minimum atomic E-state index is -0.522. The van der Waals surface area contributed by atoms with E-state index in [2.05, 4.69) is 15.5 Å². The number of nitrogens with one attached hydrogen (secondary N) is 1. The topological polar surface area (TPSA) is 107 Å². The molecule has 0 radical (unpaired) electrons. The Balaban J connectivity index is 1.32. The van der Waals surface area contributed by atoms with Crippen LogP contribution in [0.25, 0.3) is 10.8 Å². The molecular formula is C24H18N4O4. The first-order valence-corrected chi connectivity index (χ1v) is 9.75. The van der Waals surface area contributed by atoms with Gasteiger partial charge in [-0.2, -0.15) is 5.10 Å². The maximum atomic E-state index is 12.3. The second kappa shape index (κ2) is 9.48. The van der Waals surface area contributed by atoms with Crippen LogP contribution in [0.15, 0.2) is 90.2 Å². The molecule has 0 atom stereocenters. The number of benzene rings is 3. The molecule has 0 aliphatic heterocycles. The van der Waals surface area contributed by atoms with Gasteiger partial charge in [-0.05, 0) is 46.2 Å². The van der Waals surface area contributed by atoms with Crippen LogP contribution in [0.4, 0.5) is 5.69 Å². The van der Waals surface area contributed by atoms with E-state index in [1.165, 1.54) is 18.3 Å². The number of hydrogen-bond donors (Lipinski definition) is 1. The van der Waals surface area contributed by atoms with E-state index in [-0.39, 0.29) is 23.9 Å². The van der Waals surface area contributed by atoms with Gasteiger partial charge in [0.2, 0.25) is 11.8 Å². The SMILES string of the molecule is O=C(Cc1cccc2ccccc12)N/N=C\c1ccc(Oc2ccc([N+](=O)[O-])cn2)cc1. The van der Waals surface area contributed by atoms with Crippen LogP contribution in [-0.2, 0) is 11.2 Å². The molecule has 4 rings (SSSR count). The quantitative estimate of drug-likeness (QED) is 0.263. The van der Waals surface area contributed by atoms with Crippen molar-refractivity contribution in [2.24, 2.45) is 5.10 Å². The Morgan fingerprint density at radius 3 is 2.56 bits per heavy atom. The molecule has 0 fully saturated rings. The molecule has 0 aliphatic rings. The number of nitrogens with zero attached hydrogens (tertiary/aromatic N) is 3. The van der Waals surface area contributed by atoms with E-state index >= 15 is 0 Å². The van der Waals surface area contributed by atoms with Crippen LogP contribution in [0, 0.1) is 10.1 Å². The van der Waals surface area contributed by atoms with Crippen LogP contribution >= 0.6 is 0 Å². The van der Waals surface area contributed by atoms with E-state index < -0.39 is 4.92 Å². The van der Waals surface area contributed by atoms with Gasteiger partial charge in [0.1, 0.15) is 11.9 Å². The van der Waals surface area contributed by atoms with Crippen LogP contribution in [0.2, 0.25) is 0 Å². The number of hydrogen-bond acceptors (Lipinski definition) is 6. The molecule has 1 N–H and O–H groups in total. The van der Waals surface area contributed by atoms with Crippen molar-refractivity contribution in [1.82, 2.24) is 10.4 Å². The number of ether oxygens (including phenoxy) is 1. The number of carbonyl (C=O) groups excluding carboxylic acids is 1. The summed E-state index contributed by atoms with van der Waals surface area (Å²) in [6.45, 7) is 0. The summed E-state index contributed by atoms with van der Waals surface area (Å²) in [7, 11) is 0. The Hall–Kier alpha value is -4.59. The number of rotatable bonds is 7. The Labute approximate surface area is 183 Å². The lowest BCUT2D eigenvalue weighted by atomic mass is 10.0. The Bertz CT molecular complexity index is 1280. The molecule has 1 amide bonds. The number of carbonyl (C=O) groups is 1. The first-order chi connectivity index (χ1) is 15.6. The number of hydrazone groups is 1. The summed E-state index contributed by atoms with van der Waals surface area (Å²) in [6, 6.07) is 23.5. The summed E-state index contributed by atoms with van der Waals surface area (Å²) in [5, 5.41) is 16.8. The van der Waals surface area contributed by atoms with Crippen LogP contribution in [0.5, 0.6) is 11.6 Å². The van der Waals surface area contributed by atoms with Gasteiger partial charge in [0.05, 0.1) is 17.6 Å². The standard InChI is InChI=1S/C24H18N4O4/c29-23(14-19-6-3-5-18-4-1-2-7-22(18)19)27-26-15-17-8-11-21(12-9-17)32-24-13-10-20(16-25-24)28(30)31/h1-13,15-16H,14H2,(H,27,29)/b26-15-. The van der Waals surface area contributed by atoms with Crippen LogP contribution < -0.4 is 10.2 Å². The first-order valence-electron chi connectivity index (χ1n) is 9.75. The second-order valence-electron chi connectivity index (χ2n) is 6.89. The molecule has 8 heteroatoms. The van der Waals surface area contributed by atoms with Crippen molar-refractivity contribution < 1.29 is 14.5 Å². The molecule has 0 bridgehead atoms. The molecule has 32 heavy (non-hydrogen) atoms. The number of pyridine rings is 1. The molecule has 1 aromatic heterocycles. The minimum Gasteiger partial charge on any atom is -0.439 e. The van der Waals surface area contributed by atoms with Gasteiger partial charge in [0.15, 0.2) is 0 Å². The second-order valence-corrected chi connectivity index (χ2v) is 6.89. The monoisotopic (exact) mass is 426 g/mol. The zero-order chi connectivity index (χ0) is 22.3. The molecule has 4 aromatic rings. The molecule has 3 aromatic carbocycles. The molecule has 0 saturated carbocycles. The number of aromatic nitrogens is 1. The zero-order valence-electron chi connectivity index (χ0n) is 16.8. The van der Waals surface area contributed by atoms with E-state index in [0.717, 1.165) is 28.1 Å². The van der Waals surface area contributed by atoms with Crippen molar-refractivity contribution in [3.05, 3.63) is 106 Å². The van der Waals surface area contributed by atoms with Crippen molar-refractivity contribution in [2.45, 2.75) is 6.42 Å². The molecule has 0 saturated heterocycles. The smallest absolute Gasteiger partial charge is 0.287 e. The Kier molecular flexibility index (Phi) is 6.12. The molecule has 0 spiro atoms. The fraction of sp³-hybridized carbons (Fsp3) is 0.0417. The maximum Gasteiger partial charge on any atom is 0.287 e. The molecule has 0 unspecified atom stereocenters. The van der Waals surface area contributed by atoms with E-state index in [1.54, 1.807) is 24.3 Å². The molecular weight excluding hydrogens is 408 g/mol. The largest absolute Gasteiger partial charge is 0.439 e. The summed E-state index contributed by atoms with van der Waals surface area (Å²) in [5.74, 6) is 0.558. The van der Waals surface area contributed by atoms with Gasteiger partial charge in [0, 0.05) is 12.1 Å². The Morgan fingerprint density at radius 2 is 1.81 bits per heavy atom. The molecule has 8 nitrogen and oxygen atoms in total. The summed E-state index contributed by atoms with van der Waals surface area (Å²) >= 11 is 0. The van der Waals surface area contributed by atoms with Crippen LogP contribution in [0.3, 0.4) is 0 Å². The number of amides is 1. The molecule has 1 heterocycles. The van der Waals surface area contributed by atoms with Crippen LogP contribution in [-0.4, -0.2) is 22.0 Å². The van der Waals surface area contributed by atoms with Crippen molar-refractivity contribution in [1.29, 1.82) is 0 Å². The normalized spacial score (nSPS) is 10.9. The third kappa shape index (κ3) is 5.11. The molecule has 158 valence electrons. The van der Waals surface area contributed by atoms with Gasteiger partial charge in [-0.3, -0.25) is 14.9 Å². The maximum absolute atomic E-state index is 12.3. The van der Waals surface area contributed by atoms with Gasteiger partial charge in [0.25, 0.3) is 5.69 Å². The van der Waals surface area contributed by atoms with Gasteiger partial charge in [-0.25, -0.2) is 10.4 Å². The lowest BCUT2D eigenvalue weighted by Gasteiger charge is -2.06. The lowest BCUT2D eigenvalue weighted by Crippen LogP contribution is -2.19. The van der Waals surface area contributed by atoms with Crippen molar-refractivity contribution in [2.75, 3.05) is 0 Å². The average Bonchev–Trinajstić information content (AvgIpc) is 2.81. The fourth-order valence-electron chi connectivity index (χ4n) is 3.12. The van der Waals surface area contributed by atoms with Crippen molar-refractivity contribution >= 4 is 28.6 Å². The summed E-state index contributed by atoms with van der Waals surface area (Å²) in [4.78, 5) is 26.3. The van der Waals surface area contributed by atoms with E-state index in [9.17, 15) is 14.9 Å². The lowest BCUT2D eigenvalue weighted by molar-refractivity contribution is -0.385. The van der Waals surface area contributed by atoms with Gasteiger partial charge in [-0.1, -0.05) is 42.5 Å². The van der Waals surface area contributed by atoms with Gasteiger partial charge in [-0.15, -0.1) is 0 Å². The zero-order valence-corrected chi connectivity index (χ0v) is 16.8. The highest BCUT2D eigenvalue weighted by Gasteiger charge is 2.07. The fourth-order valence-corrected chi connectivity index (χ4v) is 3.12. The van der Waals surface area contributed by atoms with E-state index in [1.807, 2.05) is 42.5 Å². The van der Waals surface area contributed by atoms with Gasteiger partial charge >= 0.3 is 0 Å². The van der Waals surface area contributed by atoms with Crippen molar-refractivity contribution in [3.8, 4) is 11.6 Å². The van der Waals surface area contributed by atoms with Crippen molar-refractivity contribution in [3.63, 3.8) is 0 Å². The highest BCUT2D eigenvalue weighted by Crippen LogP contribution is 2.21.